The SMILES string of the molecule is CC1CCCC1C(=O)Nc1cc(F)c(Br)cc1F. The molecule has 1 N–H and O–H groups in total. The van der Waals surface area contributed by atoms with Crippen molar-refractivity contribution in [3.05, 3.63) is 28.2 Å². The number of hydrogen-bond acceptors (Lipinski definition) is 1. The minimum Gasteiger partial charge on any atom is -0.323 e. The van der Waals surface area contributed by atoms with Gasteiger partial charge in [-0.2, -0.15) is 0 Å². The predicted octanol–water partition coefficient (Wildman–Crippen LogP) is 4.10. The molecule has 0 spiro atoms. The molecule has 1 amide bonds. The van der Waals surface area contributed by atoms with Gasteiger partial charge in [0, 0.05) is 12.0 Å². The second-order valence-corrected chi connectivity index (χ2v) is 5.60. The first-order chi connectivity index (χ1) is 8.49. The molecule has 2 nitrogen and oxygen atoms in total. The van der Waals surface area contributed by atoms with E-state index in [9.17, 15) is 13.6 Å². The Hall–Kier alpha value is -0.970. The van der Waals surface area contributed by atoms with Crippen molar-refractivity contribution in [3.63, 3.8) is 0 Å². The first-order valence-corrected chi connectivity index (χ1v) is 6.73. The maximum absolute atomic E-state index is 13.6. The van der Waals surface area contributed by atoms with Crippen LogP contribution in [0.5, 0.6) is 0 Å². The second kappa shape index (κ2) is 5.34. The molecule has 5 heteroatoms. The van der Waals surface area contributed by atoms with Crippen LogP contribution in [0.15, 0.2) is 16.6 Å². The third kappa shape index (κ3) is 2.71. The Morgan fingerprint density at radius 1 is 1.33 bits per heavy atom. The largest absolute Gasteiger partial charge is 0.323 e. The Kier molecular flexibility index (Phi) is 4.00. The van der Waals surface area contributed by atoms with Gasteiger partial charge in [-0.3, -0.25) is 4.79 Å². The molecule has 0 radical (unpaired) electrons. The minimum atomic E-state index is -0.637. The van der Waals surface area contributed by atoms with Crippen LogP contribution < -0.4 is 5.32 Å². The van der Waals surface area contributed by atoms with E-state index in [1.807, 2.05) is 6.92 Å². The quantitative estimate of drug-likeness (QED) is 0.817. The van der Waals surface area contributed by atoms with Crippen molar-refractivity contribution < 1.29 is 13.6 Å². The number of hydrogen-bond donors (Lipinski definition) is 1. The molecule has 1 saturated carbocycles. The van der Waals surface area contributed by atoms with Crippen LogP contribution in [0.4, 0.5) is 14.5 Å². The molecule has 98 valence electrons. The molecule has 0 saturated heterocycles. The Morgan fingerprint density at radius 2 is 2.06 bits per heavy atom. The number of rotatable bonds is 2. The molecular weight excluding hydrogens is 304 g/mol. The summed E-state index contributed by atoms with van der Waals surface area (Å²) in [6.45, 7) is 2.01. The summed E-state index contributed by atoms with van der Waals surface area (Å²) in [5.74, 6) is -1.25. The fourth-order valence-electron chi connectivity index (χ4n) is 2.38. The smallest absolute Gasteiger partial charge is 0.227 e. The highest BCUT2D eigenvalue weighted by Crippen LogP contribution is 2.32. The van der Waals surface area contributed by atoms with Crippen LogP contribution in [-0.2, 0) is 4.79 Å². The number of benzene rings is 1. The van der Waals surface area contributed by atoms with Crippen LogP contribution in [0.1, 0.15) is 26.2 Å². The average molecular weight is 318 g/mol. The predicted molar refractivity (Wildman–Crippen MR) is 69.2 cm³/mol. The third-order valence-electron chi connectivity index (χ3n) is 3.47. The molecule has 18 heavy (non-hydrogen) atoms. The number of anilines is 1. The summed E-state index contributed by atoms with van der Waals surface area (Å²) in [7, 11) is 0. The normalized spacial score (nSPS) is 23.1. The highest BCUT2D eigenvalue weighted by Gasteiger charge is 2.30. The van der Waals surface area contributed by atoms with Crippen molar-refractivity contribution in [1.82, 2.24) is 0 Å². The maximum atomic E-state index is 13.6. The van der Waals surface area contributed by atoms with Crippen LogP contribution in [0.3, 0.4) is 0 Å². The summed E-state index contributed by atoms with van der Waals surface area (Å²) in [5.41, 5.74) is -0.0974. The lowest BCUT2D eigenvalue weighted by Crippen LogP contribution is -2.25. The van der Waals surface area contributed by atoms with Gasteiger partial charge >= 0.3 is 0 Å². The first-order valence-electron chi connectivity index (χ1n) is 5.94. The van der Waals surface area contributed by atoms with Crippen molar-refractivity contribution >= 4 is 27.5 Å². The highest BCUT2D eigenvalue weighted by molar-refractivity contribution is 9.10. The monoisotopic (exact) mass is 317 g/mol. The highest BCUT2D eigenvalue weighted by atomic mass is 79.9. The molecule has 1 aliphatic rings. The fourth-order valence-corrected chi connectivity index (χ4v) is 2.69. The van der Waals surface area contributed by atoms with Gasteiger partial charge in [0.2, 0.25) is 5.91 Å². The summed E-state index contributed by atoms with van der Waals surface area (Å²) >= 11 is 2.89. The van der Waals surface area contributed by atoms with Crippen molar-refractivity contribution in [2.45, 2.75) is 26.2 Å². The second-order valence-electron chi connectivity index (χ2n) is 4.75. The first kappa shape index (κ1) is 13.5. The molecule has 2 rings (SSSR count). The molecule has 0 heterocycles. The lowest BCUT2D eigenvalue weighted by atomic mass is 9.97. The molecule has 1 aromatic carbocycles. The molecule has 0 aromatic heterocycles. The number of halogens is 3. The summed E-state index contributed by atoms with van der Waals surface area (Å²) in [4.78, 5) is 12.0. The van der Waals surface area contributed by atoms with Crippen LogP contribution in [0.2, 0.25) is 0 Å². The van der Waals surface area contributed by atoms with Crippen LogP contribution in [-0.4, -0.2) is 5.91 Å². The summed E-state index contributed by atoms with van der Waals surface area (Å²) in [6.07, 6.45) is 2.83. The van der Waals surface area contributed by atoms with E-state index in [-0.39, 0.29) is 22.0 Å². The summed E-state index contributed by atoms with van der Waals surface area (Å²) in [5, 5.41) is 2.48. The Labute approximate surface area is 113 Å². The van der Waals surface area contributed by atoms with Gasteiger partial charge in [-0.15, -0.1) is 0 Å². The van der Waals surface area contributed by atoms with E-state index in [1.165, 1.54) is 0 Å². The van der Waals surface area contributed by atoms with Crippen LogP contribution in [0.25, 0.3) is 0 Å². The Bertz CT molecular complexity index is 478. The molecule has 0 aliphatic heterocycles. The molecule has 1 aliphatic carbocycles. The summed E-state index contributed by atoms with van der Waals surface area (Å²) < 4.78 is 26.9. The van der Waals surface area contributed by atoms with E-state index in [1.54, 1.807) is 0 Å². The number of carbonyl (C=O) groups is 1. The minimum absolute atomic E-state index is 0.0484. The Balaban J connectivity index is 2.14. The van der Waals surface area contributed by atoms with Gasteiger partial charge in [0.05, 0.1) is 10.2 Å². The molecular formula is C13H14BrF2NO. The van der Waals surface area contributed by atoms with E-state index in [4.69, 9.17) is 0 Å². The topological polar surface area (TPSA) is 29.1 Å². The number of carbonyl (C=O) groups excluding carboxylic acids is 1. The van der Waals surface area contributed by atoms with Crippen molar-refractivity contribution in [2.75, 3.05) is 5.32 Å². The van der Waals surface area contributed by atoms with E-state index >= 15 is 0 Å². The van der Waals surface area contributed by atoms with Crippen molar-refractivity contribution in [2.24, 2.45) is 11.8 Å². The zero-order valence-electron chi connectivity index (χ0n) is 9.97. The maximum Gasteiger partial charge on any atom is 0.227 e. The van der Waals surface area contributed by atoms with Gasteiger partial charge < -0.3 is 5.32 Å². The standard InChI is InChI=1S/C13H14BrF2NO/c1-7-3-2-4-8(7)13(18)17-12-6-10(15)9(14)5-11(12)16/h5-8H,2-4H2,1H3,(H,17,18). The third-order valence-corrected chi connectivity index (χ3v) is 4.07. The van der Waals surface area contributed by atoms with Crippen LogP contribution >= 0.6 is 15.9 Å². The zero-order chi connectivity index (χ0) is 13.3. The average Bonchev–Trinajstić information content (AvgIpc) is 2.72. The summed E-state index contributed by atoms with van der Waals surface area (Å²) in [6, 6.07) is 2.01. The van der Waals surface area contributed by atoms with Gasteiger partial charge in [0.25, 0.3) is 0 Å². The van der Waals surface area contributed by atoms with Gasteiger partial charge in [0.1, 0.15) is 11.6 Å². The van der Waals surface area contributed by atoms with Gasteiger partial charge in [0.15, 0.2) is 0 Å². The van der Waals surface area contributed by atoms with E-state index in [0.29, 0.717) is 5.92 Å². The van der Waals surface area contributed by atoms with E-state index < -0.39 is 11.6 Å². The van der Waals surface area contributed by atoms with Gasteiger partial charge in [-0.05, 0) is 40.8 Å². The lowest BCUT2D eigenvalue weighted by Gasteiger charge is -2.15. The molecule has 0 bridgehead atoms. The van der Waals surface area contributed by atoms with Crippen molar-refractivity contribution in [3.8, 4) is 0 Å². The number of nitrogens with one attached hydrogen (secondary N) is 1. The Morgan fingerprint density at radius 3 is 2.67 bits per heavy atom. The zero-order valence-corrected chi connectivity index (χ0v) is 11.6. The molecule has 1 fully saturated rings. The fraction of sp³-hybridized carbons (Fsp3) is 0.462. The number of amides is 1. The van der Waals surface area contributed by atoms with E-state index in [0.717, 1.165) is 31.4 Å². The van der Waals surface area contributed by atoms with E-state index in [2.05, 4.69) is 21.2 Å². The lowest BCUT2D eigenvalue weighted by molar-refractivity contribution is -0.120. The molecule has 2 atom stereocenters. The van der Waals surface area contributed by atoms with Crippen LogP contribution in [0, 0.1) is 23.5 Å². The van der Waals surface area contributed by atoms with Gasteiger partial charge in [-0.25, -0.2) is 8.78 Å². The van der Waals surface area contributed by atoms with Gasteiger partial charge in [-0.1, -0.05) is 13.3 Å². The van der Waals surface area contributed by atoms with Crippen molar-refractivity contribution in [1.29, 1.82) is 0 Å². The molecule has 1 aromatic rings. The molecule has 2 unspecified atom stereocenters.